The second-order valence-corrected chi connectivity index (χ2v) is 6.05. The van der Waals surface area contributed by atoms with Crippen molar-refractivity contribution < 1.29 is 14.6 Å². The van der Waals surface area contributed by atoms with Crippen molar-refractivity contribution in [3.05, 3.63) is 34.1 Å². The van der Waals surface area contributed by atoms with Gasteiger partial charge in [-0.2, -0.15) is 0 Å². The molecule has 7 heteroatoms. The Kier molecular flexibility index (Phi) is 4.44. The lowest BCUT2D eigenvalue weighted by Gasteiger charge is -2.25. The van der Waals surface area contributed by atoms with Gasteiger partial charge < -0.3 is 29.4 Å². The summed E-state index contributed by atoms with van der Waals surface area (Å²) in [7, 11) is 3.62. The molecule has 0 radical (unpaired) electrons. The van der Waals surface area contributed by atoms with Crippen LogP contribution in [-0.4, -0.2) is 56.2 Å². The summed E-state index contributed by atoms with van der Waals surface area (Å²) in [6.07, 6.45) is 0.986. The summed E-state index contributed by atoms with van der Waals surface area (Å²) in [4.78, 5) is 30.8. The summed E-state index contributed by atoms with van der Waals surface area (Å²) in [5, 5.41) is 11.6. The molecule has 1 saturated heterocycles. The lowest BCUT2D eigenvalue weighted by Crippen LogP contribution is -2.30. The van der Waals surface area contributed by atoms with Gasteiger partial charge in [0.25, 0.3) is 0 Å². The van der Waals surface area contributed by atoms with Crippen LogP contribution >= 0.6 is 0 Å². The number of H-pyrrole nitrogens is 1. The van der Waals surface area contributed by atoms with Gasteiger partial charge in [-0.1, -0.05) is 0 Å². The van der Waals surface area contributed by atoms with Gasteiger partial charge in [0.1, 0.15) is 5.75 Å². The number of nitrogens with zero attached hydrogens (tertiary/aromatic N) is 2. The van der Waals surface area contributed by atoms with E-state index < -0.39 is 5.97 Å². The van der Waals surface area contributed by atoms with Gasteiger partial charge in [0.2, 0.25) is 0 Å². The van der Waals surface area contributed by atoms with Crippen LogP contribution in [0.2, 0.25) is 0 Å². The Hall–Kier alpha value is -2.54. The van der Waals surface area contributed by atoms with E-state index in [-0.39, 0.29) is 11.1 Å². The number of nitrogens with one attached hydrogen (secondary N) is 1. The third-order valence-electron chi connectivity index (χ3n) is 4.41. The second-order valence-electron chi connectivity index (χ2n) is 6.05. The van der Waals surface area contributed by atoms with E-state index in [9.17, 15) is 14.7 Å². The zero-order valence-corrected chi connectivity index (χ0v) is 13.8. The zero-order chi connectivity index (χ0) is 17.3. The average molecular weight is 330 g/mol. The van der Waals surface area contributed by atoms with Crippen LogP contribution in [-0.2, 0) is 0 Å². The summed E-state index contributed by atoms with van der Waals surface area (Å²) >= 11 is 0. The Morgan fingerprint density at radius 3 is 2.71 bits per heavy atom. The smallest absolute Gasteiger partial charge is 0.190 e. The largest absolute Gasteiger partial charge is 0.543 e. The summed E-state index contributed by atoms with van der Waals surface area (Å²) in [6.45, 7) is 3.50. The number of fused-ring (bicyclic) bond motifs is 1. The molecule has 1 aromatic carbocycles. The molecule has 1 N–H and O–H groups in total. The highest BCUT2D eigenvalue weighted by atomic mass is 16.5. The first kappa shape index (κ1) is 16.3. The van der Waals surface area contributed by atoms with Gasteiger partial charge in [0, 0.05) is 31.8 Å². The van der Waals surface area contributed by atoms with Crippen molar-refractivity contribution in [3.8, 4) is 5.75 Å². The minimum atomic E-state index is -1.40. The van der Waals surface area contributed by atoms with Gasteiger partial charge >= 0.3 is 0 Å². The summed E-state index contributed by atoms with van der Waals surface area (Å²) in [6, 6.07) is 4.51. The molecule has 0 unspecified atom stereocenters. The number of methoxy groups -OCH3 is 1. The van der Waals surface area contributed by atoms with Crippen molar-refractivity contribution in [2.24, 2.45) is 0 Å². The molecule has 2 aromatic rings. The van der Waals surface area contributed by atoms with Crippen LogP contribution in [0.15, 0.2) is 23.0 Å². The molecule has 1 aromatic heterocycles. The van der Waals surface area contributed by atoms with Crippen LogP contribution in [0.3, 0.4) is 0 Å². The number of ether oxygens (including phenoxy) is 1. The maximum atomic E-state index is 12.3. The predicted molar refractivity (Wildman–Crippen MR) is 89.8 cm³/mol. The van der Waals surface area contributed by atoms with E-state index in [1.807, 2.05) is 6.07 Å². The number of carbonyl (C=O) groups is 1. The zero-order valence-electron chi connectivity index (χ0n) is 13.8. The fourth-order valence-corrected chi connectivity index (χ4v) is 3.07. The van der Waals surface area contributed by atoms with E-state index in [0.717, 1.165) is 44.4 Å². The molecular weight excluding hydrogens is 310 g/mol. The van der Waals surface area contributed by atoms with Crippen molar-refractivity contribution in [2.45, 2.75) is 6.42 Å². The van der Waals surface area contributed by atoms with Gasteiger partial charge in [-0.3, -0.25) is 4.79 Å². The first-order valence-electron chi connectivity index (χ1n) is 7.89. The van der Waals surface area contributed by atoms with E-state index in [1.165, 1.54) is 0 Å². The number of rotatable bonds is 3. The molecule has 1 aliphatic rings. The Labute approximate surface area is 139 Å². The SMILES string of the molecule is COc1cc(N2CCCN(C)CC2)c2[nH]c(C(=O)[O-])cc(=O)c2c1. The fourth-order valence-electron chi connectivity index (χ4n) is 3.07. The number of hydrogen-bond acceptors (Lipinski definition) is 6. The molecule has 128 valence electrons. The van der Waals surface area contributed by atoms with E-state index >= 15 is 0 Å². The number of aromatic amines is 1. The third-order valence-corrected chi connectivity index (χ3v) is 4.41. The molecule has 0 saturated carbocycles. The van der Waals surface area contributed by atoms with Crippen molar-refractivity contribution in [2.75, 3.05) is 45.2 Å². The van der Waals surface area contributed by atoms with E-state index in [2.05, 4.69) is 21.8 Å². The highest BCUT2D eigenvalue weighted by molar-refractivity contribution is 5.95. The summed E-state index contributed by atoms with van der Waals surface area (Å²) in [5.41, 5.74) is 0.702. The molecule has 0 atom stereocenters. The van der Waals surface area contributed by atoms with Crippen molar-refractivity contribution in [1.82, 2.24) is 9.88 Å². The normalized spacial score (nSPS) is 16.2. The van der Waals surface area contributed by atoms with Crippen LogP contribution in [0.1, 0.15) is 16.9 Å². The number of likely N-dealkylation sites (N-methyl/N-ethyl adjacent to an activating group) is 1. The standard InChI is InChI=1S/C17H21N3O4/c1-19-4-3-5-20(7-6-19)14-9-11(24-2)8-12-15(21)10-13(17(22)23)18-16(12)14/h8-10H,3-7H2,1-2H3,(H,18,21)(H,22,23)/p-1. The van der Waals surface area contributed by atoms with E-state index in [1.54, 1.807) is 13.2 Å². The molecule has 1 fully saturated rings. The molecule has 24 heavy (non-hydrogen) atoms. The minimum Gasteiger partial charge on any atom is -0.543 e. The van der Waals surface area contributed by atoms with Crippen LogP contribution < -0.4 is 20.2 Å². The number of hydrogen-bond donors (Lipinski definition) is 1. The van der Waals surface area contributed by atoms with Gasteiger partial charge in [-0.15, -0.1) is 0 Å². The van der Waals surface area contributed by atoms with Crippen LogP contribution in [0.5, 0.6) is 5.75 Å². The summed E-state index contributed by atoms with van der Waals surface area (Å²) in [5.74, 6) is -0.826. The quantitative estimate of drug-likeness (QED) is 0.855. The van der Waals surface area contributed by atoms with Crippen LogP contribution in [0.25, 0.3) is 10.9 Å². The molecule has 0 aliphatic carbocycles. The molecule has 0 amide bonds. The number of benzene rings is 1. The van der Waals surface area contributed by atoms with Gasteiger partial charge in [-0.25, -0.2) is 0 Å². The molecule has 0 bridgehead atoms. The highest BCUT2D eigenvalue weighted by Crippen LogP contribution is 2.30. The van der Waals surface area contributed by atoms with Gasteiger partial charge in [0.05, 0.1) is 35.4 Å². The highest BCUT2D eigenvalue weighted by Gasteiger charge is 2.18. The predicted octanol–water partition coefficient (Wildman–Crippen LogP) is 0.0421. The minimum absolute atomic E-state index is 0.217. The lowest BCUT2D eigenvalue weighted by molar-refractivity contribution is -0.255. The number of aromatic carboxylic acids is 1. The van der Waals surface area contributed by atoms with Crippen LogP contribution in [0.4, 0.5) is 5.69 Å². The fraction of sp³-hybridized carbons (Fsp3) is 0.412. The molecule has 1 aliphatic heterocycles. The van der Waals surface area contributed by atoms with E-state index in [0.29, 0.717) is 16.7 Å². The maximum absolute atomic E-state index is 12.3. The maximum Gasteiger partial charge on any atom is 0.190 e. The Balaban J connectivity index is 2.20. The van der Waals surface area contributed by atoms with Crippen molar-refractivity contribution in [1.29, 1.82) is 0 Å². The molecule has 7 nitrogen and oxygen atoms in total. The molecule has 0 spiro atoms. The van der Waals surface area contributed by atoms with Gasteiger partial charge in [-0.05, 0) is 26.1 Å². The first-order chi connectivity index (χ1) is 11.5. The number of carboxylic acid groups (broad SMARTS) is 1. The molecule has 3 rings (SSSR count). The monoisotopic (exact) mass is 330 g/mol. The molecular formula is C17H20N3O4-. The summed E-state index contributed by atoms with van der Waals surface area (Å²) < 4.78 is 5.32. The first-order valence-corrected chi connectivity index (χ1v) is 7.89. The number of aromatic nitrogens is 1. The van der Waals surface area contributed by atoms with E-state index in [4.69, 9.17) is 4.74 Å². The topological polar surface area (TPSA) is 88.7 Å². The number of carbonyl (C=O) groups excluding carboxylic acids is 1. The number of anilines is 1. The Morgan fingerprint density at radius 1 is 1.21 bits per heavy atom. The van der Waals surface area contributed by atoms with Gasteiger partial charge in [0.15, 0.2) is 5.43 Å². The Bertz CT molecular complexity index is 830. The van der Waals surface area contributed by atoms with Crippen molar-refractivity contribution in [3.63, 3.8) is 0 Å². The van der Waals surface area contributed by atoms with Crippen LogP contribution in [0, 0.1) is 0 Å². The number of pyridine rings is 1. The Morgan fingerprint density at radius 2 is 2.00 bits per heavy atom. The number of carboxylic acids is 1. The molecule has 2 heterocycles. The second kappa shape index (κ2) is 6.52. The lowest BCUT2D eigenvalue weighted by atomic mass is 10.1. The van der Waals surface area contributed by atoms with Crippen molar-refractivity contribution >= 4 is 22.6 Å². The average Bonchev–Trinajstić information content (AvgIpc) is 2.78. The third kappa shape index (κ3) is 3.07.